The summed E-state index contributed by atoms with van der Waals surface area (Å²) in [7, 11) is -8.65. The third-order valence-electron chi connectivity index (χ3n) is 7.53. The van der Waals surface area contributed by atoms with Gasteiger partial charge in [-0.1, -0.05) is 54.6 Å². The van der Waals surface area contributed by atoms with E-state index in [9.17, 15) is 25.9 Å². The van der Waals surface area contributed by atoms with Crippen molar-refractivity contribution in [3.8, 4) is 22.6 Å². The quantitative estimate of drug-likeness (QED) is 0.195. The number of anilines is 1. The zero-order valence-electron chi connectivity index (χ0n) is 23.2. The smallest absolute Gasteiger partial charge is 0.365 e. The molecule has 0 amide bonds. The zero-order valence-corrected chi connectivity index (χ0v) is 24.9. The van der Waals surface area contributed by atoms with Gasteiger partial charge >= 0.3 is 11.8 Å². The third-order valence-corrected chi connectivity index (χ3v) is 9.59. The van der Waals surface area contributed by atoms with Crippen molar-refractivity contribution in [1.29, 1.82) is 0 Å². The standard InChI is InChI=1S/C30H32N2O8S2/c1-3-10-24-23(22-11-5-4-6-12-22)15-16-27-28(24)32(18-9-20-41(33,34)35,19-17-21(2)42(36,37)38)30(40-27)29-31-25-13-7-8-14-26(25)39-29/h3-8,10-16,21,31H,9,17-20H2,1-2H3,(H-,33,34,35,36,37,38)/p+1. The Morgan fingerprint density at radius 3 is 2.29 bits per heavy atom. The molecule has 42 heavy (non-hydrogen) atoms. The highest BCUT2D eigenvalue weighted by Gasteiger charge is 2.52. The second-order valence-corrected chi connectivity index (χ2v) is 13.8. The van der Waals surface area contributed by atoms with Gasteiger partial charge in [-0.25, -0.2) is 4.48 Å². The van der Waals surface area contributed by atoms with E-state index in [4.69, 9.17) is 9.47 Å². The summed E-state index contributed by atoms with van der Waals surface area (Å²) >= 11 is 0. The fourth-order valence-electron chi connectivity index (χ4n) is 5.47. The number of fused-ring (bicyclic) bond motifs is 2. The monoisotopic (exact) mass is 613 g/mol. The van der Waals surface area contributed by atoms with Gasteiger partial charge < -0.3 is 14.8 Å². The van der Waals surface area contributed by atoms with E-state index in [0.717, 1.165) is 16.7 Å². The molecule has 0 saturated heterocycles. The van der Waals surface area contributed by atoms with Crippen molar-refractivity contribution in [1.82, 2.24) is 4.48 Å². The minimum atomic E-state index is -4.36. The Labute approximate surface area is 246 Å². The van der Waals surface area contributed by atoms with Gasteiger partial charge in [0, 0.05) is 18.4 Å². The van der Waals surface area contributed by atoms with Crippen molar-refractivity contribution in [2.45, 2.75) is 31.9 Å². The second-order valence-electron chi connectivity index (χ2n) is 10.4. The molecule has 222 valence electrons. The van der Waals surface area contributed by atoms with Gasteiger partial charge in [-0.2, -0.15) is 16.8 Å². The predicted octanol–water partition coefficient (Wildman–Crippen LogP) is 5.66. The van der Waals surface area contributed by atoms with E-state index in [2.05, 4.69) is 5.32 Å². The largest absolute Gasteiger partial charge is 0.431 e. The van der Waals surface area contributed by atoms with Crippen LogP contribution in [0, 0.1) is 0 Å². The molecule has 3 N–H and O–H groups in total. The summed E-state index contributed by atoms with van der Waals surface area (Å²) in [5.41, 5.74) is 4.04. The van der Waals surface area contributed by atoms with Crippen LogP contribution in [0.4, 0.5) is 11.4 Å². The number of para-hydroxylation sites is 2. The third kappa shape index (κ3) is 5.94. The first-order valence-corrected chi connectivity index (χ1v) is 16.6. The Balaban J connectivity index is 1.76. The van der Waals surface area contributed by atoms with E-state index in [1.54, 1.807) is 6.07 Å². The van der Waals surface area contributed by atoms with Crippen LogP contribution < -0.4 is 19.3 Å². The lowest BCUT2D eigenvalue weighted by atomic mass is 9.95. The van der Waals surface area contributed by atoms with Gasteiger partial charge in [0.25, 0.3) is 20.2 Å². The van der Waals surface area contributed by atoms with Gasteiger partial charge in [0.05, 0.1) is 29.8 Å². The van der Waals surface area contributed by atoms with E-state index in [-0.39, 0.29) is 36.3 Å². The molecule has 0 radical (unpaired) electrons. The first kappa shape index (κ1) is 29.8. The van der Waals surface area contributed by atoms with E-state index in [1.165, 1.54) is 6.92 Å². The highest BCUT2D eigenvalue weighted by Crippen LogP contribution is 2.53. The molecule has 0 bridgehead atoms. The molecule has 0 saturated carbocycles. The van der Waals surface area contributed by atoms with Crippen molar-refractivity contribution in [2.24, 2.45) is 0 Å². The van der Waals surface area contributed by atoms with Crippen LogP contribution in [0.15, 0.2) is 84.6 Å². The number of hydrogen-bond acceptors (Lipinski definition) is 7. The number of nitrogens with one attached hydrogen (secondary N) is 1. The molecule has 0 aromatic heterocycles. The lowest BCUT2D eigenvalue weighted by Crippen LogP contribution is -2.51. The number of rotatable bonds is 10. The molecule has 0 fully saturated rings. The van der Waals surface area contributed by atoms with Crippen LogP contribution in [-0.4, -0.2) is 50.0 Å². The van der Waals surface area contributed by atoms with Gasteiger partial charge in [0.2, 0.25) is 0 Å². The Kier molecular flexibility index (Phi) is 8.19. The van der Waals surface area contributed by atoms with Gasteiger partial charge in [0.15, 0.2) is 17.2 Å². The van der Waals surface area contributed by atoms with Crippen molar-refractivity contribution in [3.05, 3.63) is 90.1 Å². The summed E-state index contributed by atoms with van der Waals surface area (Å²) in [6.07, 6.45) is 3.87. The number of benzene rings is 3. The molecular formula is C30H33N2O8S2+. The normalized spacial score (nSPS) is 20.5. The minimum Gasteiger partial charge on any atom is -0.431 e. The van der Waals surface area contributed by atoms with Crippen LogP contribution in [0.3, 0.4) is 0 Å². The van der Waals surface area contributed by atoms with Crippen LogP contribution in [0.5, 0.6) is 11.5 Å². The first-order chi connectivity index (χ1) is 19.9. The summed E-state index contributed by atoms with van der Waals surface area (Å²) < 4.78 is 79.7. The van der Waals surface area contributed by atoms with E-state index >= 15 is 0 Å². The zero-order chi connectivity index (χ0) is 30.1. The van der Waals surface area contributed by atoms with Gasteiger partial charge in [0.1, 0.15) is 0 Å². The number of ether oxygens (including phenoxy) is 2. The molecule has 2 unspecified atom stereocenters. The van der Waals surface area contributed by atoms with E-state index in [1.807, 2.05) is 79.7 Å². The Bertz CT molecular complexity index is 1740. The van der Waals surface area contributed by atoms with Crippen LogP contribution in [0.1, 0.15) is 32.3 Å². The highest BCUT2D eigenvalue weighted by atomic mass is 32.2. The second kappa shape index (κ2) is 11.5. The maximum atomic E-state index is 12.1. The summed E-state index contributed by atoms with van der Waals surface area (Å²) in [4.78, 5) is 0. The summed E-state index contributed by atoms with van der Waals surface area (Å²) in [5, 5.41) is 2.14. The average Bonchev–Trinajstić information content (AvgIpc) is 3.51. The Morgan fingerprint density at radius 1 is 0.905 bits per heavy atom. The average molecular weight is 614 g/mol. The Morgan fingerprint density at radius 2 is 1.62 bits per heavy atom. The molecule has 3 aromatic carbocycles. The van der Waals surface area contributed by atoms with Crippen LogP contribution in [-0.2, 0) is 20.2 Å². The fourth-order valence-corrected chi connectivity index (χ4v) is 6.37. The predicted molar refractivity (Wildman–Crippen MR) is 163 cm³/mol. The first-order valence-electron chi connectivity index (χ1n) is 13.5. The molecule has 0 aliphatic carbocycles. The molecule has 2 heterocycles. The molecular weight excluding hydrogens is 580 g/mol. The van der Waals surface area contributed by atoms with Crippen molar-refractivity contribution in [2.75, 3.05) is 24.2 Å². The molecule has 10 nitrogen and oxygen atoms in total. The van der Waals surface area contributed by atoms with Crippen molar-refractivity contribution in [3.63, 3.8) is 0 Å². The lowest BCUT2D eigenvalue weighted by molar-refractivity contribution is 0.231. The number of hydrogen-bond donors (Lipinski definition) is 3. The molecule has 12 heteroatoms. The van der Waals surface area contributed by atoms with Gasteiger partial charge in [-0.05, 0) is 49.2 Å². The molecule has 2 atom stereocenters. The van der Waals surface area contributed by atoms with Crippen LogP contribution in [0.25, 0.3) is 17.2 Å². The fraction of sp³-hybridized carbons (Fsp3) is 0.267. The SMILES string of the molecule is CC=Cc1c(-c2ccccc2)ccc2c1[N+](CCCS(=O)(=O)O)(CCC(C)S(=O)(=O)O)C(=C1Nc3ccccc3O1)O2. The molecule has 2 aliphatic rings. The van der Waals surface area contributed by atoms with Crippen molar-refractivity contribution < 1.29 is 35.4 Å². The lowest BCUT2D eigenvalue weighted by Gasteiger charge is -2.34. The van der Waals surface area contributed by atoms with Crippen molar-refractivity contribution >= 4 is 37.7 Å². The van der Waals surface area contributed by atoms with Crippen LogP contribution in [0.2, 0.25) is 0 Å². The number of quaternary nitrogens is 1. The van der Waals surface area contributed by atoms with Gasteiger partial charge in [-0.3, -0.25) is 9.11 Å². The topological polar surface area (TPSA) is 139 Å². The molecule has 2 aliphatic heterocycles. The van der Waals surface area contributed by atoms with Crippen LogP contribution >= 0.6 is 0 Å². The minimum absolute atomic E-state index is 0.0160. The maximum absolute atomic E-state index is 12.1. The highest BCUT2D eigenvalue weighted by molar-refractivity contribution is 7.86. The van der Waals surface area contributed by atoms with E-state index in [0.29, 0.717) is 28.8 Å². The maximum Gasteiger partial charge on any atom is 0.365 e. The number of nitrogens with zero attached hydrogens (tertiary/aromatic N) is 1. The molecule has 3 aromatic rings. The molecule has 0 spiro atoms. The summed E-state index contributed by atoms with van der Waals surface area (Å²) in [6.45, 7) is 3.54. The molecule has 5 rings (SSSR count). The van der Waals surface area contributed by atoms with E-state index < -0.39 is 31.2 Å². The summed E-state index contributed by atoms with van der Waals surface area (Å²) in [6, 6.07) is 20.9. The van der Waals surface area contributed by atoms with Gasteiger partial charge in [-0.15, -0.1) is 0 Å². The number of allylic oxidation sites excluding steroid dienone is 1. The summed E-state index contributed by atoms with van der Waals surface area (Å²) in [5.74, 6) is 1.16. The Hall–Kier alpha value is -3.68.